The van der Waals surface area contributed by atoms with E-state index in [4.69, 9.17) is 10.2 Å². The van der Waals surface area contributed by atoms with E-state index in [1.54, 1.807) is 41.6 Å². The van der Waals surface area contributed by atoms with Gasteiger partial charge in [0.05, 0.1) is 16.7 Å². The molecule has 3 N–H and O–H groups in total. The third-order valence-electron chi connectivity index (χ3n) is 4.13. The van der Waals surface area contributed by atoms with E-state index in [1.165, 1.54) is 18.4 Å². The van der Waals surface area contributed by atoms with Crippen LogP contribution < -0.4 is 15.4 Å². The van der Waals surface area contributed by atoms with Gasteiger partial charge in [0.25, 0.3) is 10.0 Å². The summed E-state index contributed by atoms with van der Waals surface area (Å²) in [5.74, 6) is -0.0268. The van der Waals surface area contributed by atoms with Gasteiger partial charge in [-0.05, 0) is 54.6 Å². The number of furan rings is 1. The van der Waals surface area contributed by atoms with Gasteiger partial charge in [-0.2, -0.15) is 0 Å². The minimum Gasteiger partial charge on any atom is -0.446 e. The third kappa shape index (κ3) is 3.29. The van der Waals surface area contributed by atoms with Crippen molar-refractivity contribution in [3.05, 3.63) is 72.2 Å². The summed E-state index contributed by atoms with van der Waals surface area (Å²) in [6.45, 7) is 0. The molecule has 0 saturated carbocycles. The first-order chi connectivity index (χ1) is 12.9. The summed E-state index contributed by atoms with van der Waals surface area (Å²) in [7, 11) is -3.80. The van der Waals surface area contributed by atoms with E-state index in [-0.39, 0.29) is 4.90 Å². The van der Waals surface area contributed by atoms with Gasteiger partial charge in [0.1, 0.15) is 18.3 Å². The molecule has 1 aliphatic rings. The zero-order valence-corrected chi connectivity index (χ0v) is 14.7. The highest BCUT2D eigenvalue weighted by Gasteiger charge is 2.24. The first-order valence-corrected chi connectivity index (χ1v) is 9.46. The van der Waals surface area contributed by atoms with E-state index in [1.807, 2.05) is 0 Å². The summed E-state index contributed by atoms with van der Waals surface area (Å²) < 4.78 is 45.4. The summed E-state index contributed by atoms with van der Waals surface area (Å²) in [6, 6.07) is 13.0. The normalized spacial score (nSPS) is 16.2. The fourth-order valence-electron chi connectivity index (χ4n) is 2.73. The summed E-state index contributed by atoms with van der Waals surface area (Å²) >= 11 is 0. The van der Waals surface area contributed by atoms with Crippen LogP contribution >= 0.6 is 0 Å². The number of fused-ring (bicyclic) bond motifs is 1. The van der Waals surface area contributed by atoms with Crippen LogP contribution in [-0.4, -0.2) is 14.8 Å². The minimum absolute atomic E-state index is 0.0225. The molecular formula is C18H15FN4O3S. The molecule has 0 amide bonds. The molecule has 27 heavy (non-hydrogen) atoms. The number of benzene rings is 2. The van der Waals surface area contributed by atoms with Gasteiger partial charge in [-0.3, -0.25) is 4.72 Å². The molecule has 3 aromatic rings. The SMILES string of the molecule is NC1c2ccoc2N=CN1c1ccc(NS(=O)(=O)c2ccc(F)cc2)cc1. The highest BCUT2D eigenvalue weighted by atomic mass is 32.2. The number of rotatable bonds is 4. The molecule has 0 saturated heterocycles. The Kier molecular flexibility index (Phi) is 4.17. The molecule has 1 unspecified atom stereocenters. The first-order valence-electron chi connectivity index (χ1n) is 7.98. The summed E-state index contributed by atoms with van der Waals surface area (Å²) in [5.41, 5.74) is 8.10. The number of sulfonamides is 1. The van der Waals surface area contributed by atoms with E-state index < -0.39 is 22.0 Å². The van der Waals surface area contributed by atoms with Crippen LogP contribution in [-0.2, 0) is 10.0 Å². The van der Waals surface area contributed by atoms with Gasteiger partial charge in [-0.15, -0.1) is 0 Å². The summed E-state index contributed by atoms with van der Waals surface area (Å²) in [6.07, 6.45) is 2.63. The molecule has 2 heterocycles. The average molecular weight is 386 g/mol. The molecule has 138 valence electrons. The number of halogens is 1. The monoisotopic (exact) mass is 386 g/mol. The maximum atomic E-state index is 13.0. The van der Waals surface area contributed by atoms with Crippen molar-refractivity contribution < 1.29 is 17.2 Å². The van der Waals surface area contributed by atoms with Crippen LogP contribution in [0.4, 0.5) is 21.6 Å². The number of hydrogen-bond acceptors (Lipinski definition) is 6. The average Bonchev–Trinajstić information content (AvgIpc) is 3.13. The number of anilines is 2. The smallest absolute Gasteiger partial charge is 0.261 e. The van der Waals surface area contributed by atoms with E-state index in [0.29, 0.717) is 11.6 Å². The number of nitrogens with one attached hydrogen (secondary N) is 1. The Morgan fingerprint density at radius 1 is 1.07 bits per heavy atom. The van der Waals surface area contributed by atoms with Gasteiger partial charge in [0.15, 0.2) is 0 Å². The molecule has 9 heteroatoms. The summed E-state index contributed by atoms with van der Waals surface area (Å²) in [4.78, 5) is 5.93. The fraction of sp³-hybridized carbons (Fsp3) is 0.0556. The predicted octanol–water partition coefficient (Wildman–Crippen LogP) is 3.36. The zero-order valence-electron chi connectivity index (χ0n) is 13.9. The molecule has 0 aliphatic carbocycles. The molecule has 4 rings (SSSR count). The maximum Gasteiger partial charge on any atom is 0.261 e. The predicted molar refractivity (Wildman–Crippen MR) is 99.9 cm³/mol. The molecule has 1 atom stereocenters. The van der Waals surface area contributed by atoms with Crippen molar-refractivity contribution in [3.8, 4) is 0 Å². The third-order valence-corrected chi connectivity index (χ3v) is 5.53. The second-order valence-electron chi connectivity index (χ2n) is 5.88. The van der Waals surface area contributed by atoms with E-state index in [9.17, 15) is 12.8 Å². The molecule has 0 fully saturated rings. The first kappa shape index (κ1) is 17.3. The quantitative estimate of drug-likeness (QED) is 0.716. The van der Waals surface area contributed by atoms with Crippen molar-refractivity contribution in [2.24, 2.45) is 10.7 Å². The van der Waals surface area contributed by atoms with Crippen molar-refractivity contribution in [2.75, 3.05) is 9.62 Å². The summed E-state index contributed by atoms with van der Waals surface area (Å²) in [5, 5.41) is 0. The van der Waals surface area contributed by atoms with Gasteiger partial charge in [-0.1, -0.05) is 0 Å². The lowest BCUT2D eigenvalue weighted by molar-refractivity contribution is 0.567. The molecule has 2 aromatic carbocycles. The fourth-order valence-corrected chi connectivity index (χ4v) is 3.79. The zero-order chi connectivity index (χ0) is 19.0. The topological polar surface area (TPSA) is 101 Å². The second-order valence-corrected chi connectivity index (χ2v) is 7.57. The van der Waals surface area contributed by atoms with E-state index >= 15 is 0 Å². The highest BCUT2D eigenvalue weighted by molar-refractivity contribution is 7.92. The highest BCUT2D eigenvalue weighted by Crippen LogP contribution is 2.34. The molecule has 7 nitrogen and oxygen atoms in total. The van der Waals surface area contributed by atoms with Gasteiger partial charge >= 0.3 is 0 Å². The van der Waals surface area contributed by atoms with Crippen molar-refractivity contribution in [1.29, 1.82) is 0 Å². The van der Waals surface area contributed by atoms with Crippen LogP contribution in [0.5, 0.6) is 0 Å². The van der Waals surface area contributed by atoms with Crippen molar-refractivity contribution in [2.45, 2.75) is 11.1 Å². The Labute approximate surface area is 155 Å². The van der Waals surface area contributed by atoms with Crippen LogP contribution in [0, 0.1) is 5.82 Å². The number of nitrogens with zero attached hydrogens (tertiary/aromatic N) is 2. The van der Waals surface area contributed by atoms with Crippen LogP contribution in [0.15, 0.2) is 75.2 Å². The van der Waals surface area contributed by atoms with Gasteiger partial charge in [-0.25, -0.2) is 17.8 Å². The molecule has 0 bridgehead atoms. The number of aliphatic imine (C=N–C) groups is 1. The van der Waals surface area contributed by atoms with Gasteiger partial charge < -0.3 is 15.1 Å². The van der Waals surface area contributed by atoms with E-state index in [0.717, 1.165) is 23.4 Å². The van der Waals surface area contributed by atoms with E-state index in [2.05, 4.69) is 9.71 Å². The number of nitrogens with two attached hydrogens (primary N) is 1. The largest absolute Gasteiger partial charge is 0.446 e. The Morgan fingerprint density at radius 2 is 1.78 bits per heavy atom. The van der Waals surface area contributed by atoms with Gasteiger partial charge in [0, 0.05) is 11.4 Å². The van der Waals surface area contributed by atoms with Crippen molar-refractivity contribution >= 4 is 33.6 Å². The van der Waals surface area contributed by atoms with Gasteiger partial charge in [0.2, 0.25) is 5.88 Å². The Balaban J connectivity index is 1.54. The maximum absolute atomic E-state index is 13.0. The molecule has 0 spiro atoms. The Hall–Kier alpha value is -3.17. The lowest BCUT2D eigenvalue weighted by Gasteiger charge is -2.29. The number of hydrogen-bond donors (Lipinski definition) is 2. The second kappa shape index (κ2) is 6.53. The lowest BCUT2D eigenvalue weighted by Crippen LogP contribution is -2.35. The molecular weight excluding hydrogens is 371 g/mol. The van der Waals surface area contributed by atoms with Crippen LogP contribution in [0.1, 0.15) is 11.7 Å². The molecule has 1 aliphatic heterocycles. The minimum atomic E-state index is -3.80. The standard InChI is InChI=1S/C18H15FN4O3S/c19-12-1-7-15(8-2-12)27(24,25)22-13-3-5-14(6-4-13)23-11-21-18-16(17(23)20)9-10-26-18/h1-11,17,22H,20H2. The van der Waals surface area contributed by atoms with Crippen molar-refractivity contribution in [1.82, 2.24) is 0 Å². The van der Waals surface area contributed by atoms with Crippen LogP contribution in [0.25, 0.3) is 0 Å². The van der Waals surface area contributed by atoms with Crippen molar-refractivity contribution in [3.63, 3.8) is 0 Å². The Morgan fingerprint density at radius 3 is 2.48 bits per heavy atom. The molecule has 1 aromatic heterocycles. The molecule has 0 radical (unpaired) electrons. The lowest BCUT2D eigenvalue weighted by atomic mass is 10.2. The Bertz CT molecular complexity index is 1090. The van der Waals surface area contributed by atoms with Crippen LogP contribution in [0.3, 0.4) is 0 Å². The van der Waals surface area contributed by atoms with Crippen LogP contribution in [0.2, 0.25) is 0 Å².